The summed E-state index contributed by atoms with van der Waals surface area (Å²) >= 11 is 0. The van der Waals surface area contributed by atoms with Crippen LogP contribution in [-0.2, 0) is 16.1 Å². The molecule has 0 fully saturated rings. The molecule has 126 valence electrons. The minimum atomic E-state index is -1.00. The average molecular weight is 321 g/mol. The minimum Gasteiger partial charge on any atom is -0.491 e. The van der Waals surface area contributed by atoms with Crippen LogP contribution in [0.5, 0.6) is 5.75 Å². The van der Waals surface area contributed by atoms with Crippen LogP contribution in [-0.4, -0.2) is 48.2 Å². The highest BCUT2D eigenvalue weighted by Crippen LogP contribution is 2.29. The summed E-state index contributed by atoms with van der Waals surface area (Å²) in [6.45, 7) is 6.63. The largest absolute Gasteiger partial charge is 0.491 e. The fourth-order valence-electron chi connectivity index (χ4n) is 2.54. The molecule has 6 nitrogen and oxygen atoms in total. The zero-order valence-electron chi connectivity index (χ0n) is 14.0. The predicted octanol–water partition coefficient (Wildman–Crippen LogP) is 2.17. The number of hydrogen-bond donors (Lipinski definition) is 1. The molecule has 1 atom stereocenters. The van der Waals surface area contributed by atoms with Crippen LogP contribution < -0.4 is 4.74 Å². The number of carbonyl (C=O) groups is 2. The van der Waals surface area contributed by atoms with E-state index >= 15 is 0 Å². The average Bonchev–Trinajstić information content (AvgIpc) is 2.65. The number of nitrogens with zero attached hydrogens (tertiary/aromatic N) is 1. The van der Waals surface area contributed by atoms with Crippen molar-refractivity contribution in [1.82, 2.24) is 4.90 Å². The highest BCUT2D eigenvalue weighted by atomic mass is 16.5. The molecule has 1 amide bonds. The van der Waals surface area contributed by atoms with E-state index < -0.39 is 11.4 Å². The molecule has 0 aliphatic carbocycles. The van der Waals surface area contributed by atoms with E-state index in [1.807, 2.05) is 20.8 Å². The zero-order chi connectivity index (χ0) is 17.2. The van der Waals surface area contributed by atoms with Crippen molar-refractivity contribution in [1.29, 1.82) is 0 Å². The molecule has 6 heteroatoms. The van der Waals surface area contributed by atoms with Crippen molar-refractivity contribution in [3.63, 3.8) is 0 Å². The van der Waals surface area contributed by atoms with Crippen molar-refractivity contribution in [2.45, 2.75) is 33.4 Å². The van der Waals surface area contributed by atoms with E-state index in [4.69, 9.17) is 14.6 Å². The van der Waals surface area contributed by atoms with Gasteiger partial charge in [-0.2, -0.15) is 0 Å². The summed E-state index contributed by atoms with van der Waals surface area (Å²) < 4.78 is 11.0. The lowest BCUT2D eigenvalue weighted by molar-refractivity contribution is -0.144. The Balaban J connectivity index is 2.37. The summed E-state index contributed by atoms with van der Waals surface area (Å²) in [7, 11) is 1.58. The number of carbonyl (C=O) groups excluding carboxylic acids is 1. The van der Waals surface area contributed by atoms with Crippen LogP contribution in [0, 0.1) is 5.41 Å². The lowest BCUT2D eigenvalue weighted by Gasteiger charge is -2.33. The molecule has 1 aromatic carbocycles. The number of methoxy groups -OCH3 is 1. The van der Waals surface area contributed by atoms with Gasteiger partial charge in [-0.15, -0.1) is 0 Å². The molecule has 1 aliphatic rings. The Bertz CT molecular complexity index is 605. The van der Waals surface area contributed by atoms with Crippen LogP contribution in [0.3, 0.4) is 0 Å². The molecule has 1 aromatic rings. The molecule has 0 radical (unpaired) electrons. The molecular formula is C17H23NO5. The molecule has 1 N–H and O–H groups in total. The maximum absolute atomic E-state index is 12.8. The Morgan fingerprint density at radius 3 is 2.65 bits per heavy atom. The van der Waals surface area contributed by atoms with E-state index in [0.717, 1.165) is 5.56 Å². The summed E-state index contributed by atoms with van der Waals surface area (Å²) in [5.41, 5.74) is 0.450. The van der Waals surface area contributed by atoms with Gasteiger partial charge in [0, 0.05) is 24.6 Å². The maximum Gasteiger partial charge on any atom is 0.335 e. The second-order valence-corrected chi connectivity index (χ2v) is 6.73. The van der Waals surface area contributed by atoms with Crippen molar-refractivity contribution < 1.29 is 24.2 Å². The standard InChI is InChI=1S/C17H23NO5/c1-17(2,3)16(21)18-8-12-6-5-11(15(19)20)7-14(12)23-10-13(18)9-22-4/h5-7,13H,8-10H2,1-4H3,(H,19,20)/t13-/m0/s1. The second kappa shape index (κ2) is 6.58. The molecule has 1 aliphatic heterocycles. The highest BCUT2D eigenvalue weighted by molar-refractivity contribution is 5.88. The van der Waals surface area contributed by atoms with E-state index in [2.05, 4.69) is 0 Å². The lowest BCUT2D eigenvalue weighted by atomic mass is 9.93. The van der Waals surface area contributed by atoms with Gasteiger partial charge in [-0.3, -0.25) is 4.79 Å². The lowest BCUT2D eigenvalue weighted by Crippen LogP contribution is -2.48. The van der Waals surface area contributed by atoms with E-state index in [-0.39, 0.29) is 24.1 Å². The number of carboxylic acid groups (broad SMARTS) is 1. The highest BCUT2D eigenvalue weighted by Gasteiger charge is 2.34. The zero-order valence-corrected chi connectivity index (χ0v) is 14.0. The molecule has 0 aromatic heterocycles. The number of ether oxygens (including phenoxy) is 2. The smallest absolute Gasteiger partial charge is 0.335 e. The number of fused-ring (bicyclic) bond motifs is 1. The van der Waals surface area contributed by atoms with Crippen molar-refractivity contribution in [3.05, 3.63) is 29.3 Å². The number of rotatable bonds is 3. The van der Waals surface area contributed by atoms with Crippen LogP contribution in [0.25, 0.3) is 0 Å². The first-order chi connectivity index (χ1) is 10.7. The van der Waals surface area contributed by atoms with Crippen LogP contribution in [0.2, 0.25) is 0 Å². The monoisotopic (exact) mass is 321 g/mol. The molecule has 0 bridgehead atoms. The quantitative estimate of drug-likeness (QED) is 0.923. The van der Waals surface area contributed by atoms with E-state index in [1.165, 1.54) is 12.1 Å². The van der Waals surface area contributed by atoms with Gasteiger partial charge in [0.1, 0.15) is 12.4 Å². The van der Waals surface area contributed by atoms with Gasteiger partial charge < -0.3 is 19.5 Å². The maximum atomic E-state index is 12.8. The normalized spacial score (nSPS) is 17.9. The third-order valence-corrected chi connectivity index (χ3v) is 3.79. The Morgan fingerprint density at radius 2 is 2.09 bits per heavy atom. The molecule has 1 heterocycles. The van der Waals surface area contributed by atoms with Gasteiger partial charge in [-0.25, -0.2) is 4.79 Å². The van der Waals surface area contributed by atoms with Crippen LogP contribution in [0.4, 0.5) is 0 Å². The molecule has 0 saturated carbocycles. The molecule has 23 heavy (non-hydrogen) atoms. The van der Waals surface area contributed by atoms with Crippen molar-refractivity contribution >= 4 is 11.9 Å². The first kappa shape index (κ1) is 17.3. The first-order valence-electron chi connectivity index (χ1n) is 7.53. The molecule has 2 rings (SSSR count). The number of benzene rings is 1. The van der Waals surface area contributed by atoms with Gasteiger partial charge in [-0.1, -0.05) is 26.8 Å². The van der Waals surface area contributed by atoms with E-state index in [0.29, 0.717) is 18.9 Å². The Kier molecular flexibility index (Phi) is 4.94. The molecular weight excluding hydrogens is 298 g/mol. The van der Waals surface area contributed by atoms with E-state index in [9.17, 15) is 9.59 Å². The SMILES string of the molecule is COC[C@H]1COc2cc(C(=O)O)ccc2CN1C(=O)C(C)(C)C. The summed E-state index contributed by atoms with van der Waals surface area (Å²) in [6.07, 6.45) is 0. The van der Waals surface area contributed by atoms with Crippen LogP contribution >= 0.6 is 0 Å². The third kappa shape index (κ3) is 3.82. The first-order valence-corrected chi connectivity index (χ1v) is 7.53. The number of amides is 1. The topological polar surface area (TPSA) is 76.1 Å². The van der Waals surface area contributed by atoms with Crippen LogP contribution in [0.1, 0.15) is 36.7 Å². The van der Waals surface area contributed by atoms with Gasteiger partial charge in [0.2, 0.25) is 5.91 Å². The minimum absolute atomic E-state index is 0.0123. The van der Waals surface area contributed by atoms with Crippen molar-refractivity contribution in [3.8, 4) is 5.75 Å². The molecule has 0 saturated heterocycles. The van der Waals surface area contributed by atoms with Gasteiger partial charge in [0.15, 0.2) is 0 Å². The number of carboxylic acids is 1. The Morgan fingerprint density at radius 1 is 1.39 bits per heavy atom. The number of aromatic carboxylic acids is 1. The van der Waals surface area contributed by atoms with Crippen LogP contribution in [0.15, 0.2) is 18.2 Å². The van der Waals surface area contributed by atoms with Gasteiger partial charge in [0.25, 0.3) is 0 Å². The van der Waals surface area contributed by atoms with Gasteiger partial charge in [-0.05, 0) is 12.1 Å². The third-order valence-electron chi connectivity index (χ3n) is 3.79. The molecule has 0 unspecified atom stereocenters. The Labute approximate surface area is 136 Å². The van der Waals surface area contributed by atoms with Gasteiger partial charge in [0.05, 0.1) is 18.2 Å². The summed E-state index contributed by atoms with van der Waals surface area (Å²) in [6, 6.07) is 4.53. The number of hydrogen-bond acceptors (Lipinski definition) is 4. The van der Waals surface area contributed by atoms with Gasteiger partial charge >= 0.3 is 5.97 Å². The summed E-state index contributed by atoms with van der Waals surface area (Å²) in [4.78, 5) is 25.6. The fraction of sp³-hybridized carbons (Fsp3) is 0.529. The second-order valence-electron chi connectivity index (χ2n) is 6.73. The predicted molar refractivity (Wildman–Crippen MR) is 84.6 cm³/mol. The summed E-state index contributed by atoms with van der Waals surface area (Å²) in [5.74, 6) is -0.481. The molecule has 0 spiro atoms. The van der Waals surface area contributed by atoms with E-state index in [1.54, 1.807) is 18.1 Å². The Hall–Kier alpha value is -2.08. The summed E-state index contributed by atoms with van der Waals surface area (Å²) in [5, 5.41) is 9.10. The van der Waals surface area contributed by atoms with Crippen molar-refractivity contribution in [2.24, 2.45) is 5.41 Å². The fourth-order valence-corrected chi connectivity index (χ4v) is 2.54. The van der Waals surface area contributed by atoms with Crippen molar-refractivity contribution in [2.75, 3.05) is 20.3 Å².